The van der Waals surface area contributed by atoms with Crippen molar-refractivity contribution >= 4 is 16.0 Å². The normalized spacial score (nSPS) is 12.0. The Labute approximate surface area is 165 Å². The van der Waals surface area contributed by atoms with Crippen molar-refractivity contribution in [2.24, 2.45) is 0 Å². The number of halogens is 3. The van der Waals surface area contributed by atoms with Crippen LogP contribution in [0.3, 0.4) is 0 Å². The molecule has 3 rings (SSSR count). The minimum Gasteiger partial charge on any atom is -0.406 e. The third-order valence-corrected chi connectivity index (χ3v) is 5.11. The Kier molecular flexibility index (Phi) is 5.51. The molecule has 0 saturated heterocycles. The van der Waals surface area contributed by atoms with Crippen LogP contribution in [0.1, 0.15) is 12.5 Å². The lowest BCUT2D eigenvalue weighted by Crippen LogP contribution is -2.18. The molecule has 1 aromatic heterocycles. The summed E-state index contributed by atoms with van der Waals surface area (Å²) >= 11 is 0. The first-order valence-electron chi connectivity index (χ1n) is 8.47. The Bertz CT molecular complexity index is 1090. The molecule has 0 aliphatic carbocycles. The monoisotopic (exact) mass is 426 g/mol. The summed E-state index contributed by atoms with van der Waals surface area (Å²) in [5, 5.41) is 4.32. The Morgan fingerprint density at radius 1 is 1.07 bits per heavy atom. The second-order valence-corrected chi connectivity index (χ2v) is 8.10. The quantitative estimate of drug-likeness (QED) is 0.646. The van der Waals surface area contributed by atoms with Crippen LogP contribution in [0.5, 0.6) is 5.75 Å². The first kappa shape index (κ1) is 20.6. The summed E-state index contributed by atoms with van der Waals surface area (Å²) in [5.41, 5.74) is 1.99. The number of aryl methyl sites for hydroxylation is 1. The zero-order valence-corrected chi connectivity index (χ0v) is 16.3. The van der Waals surface area contributed by atoms with Crippen LogP contribution in [0.4, 0.5) is 19.1 Å². The van der Waals surface area contributed by atoms with Gasteiger partial charge in [0.25, 0.3) is 0 Å². The minimum absolute atomic E-state index is 0.0769. The van der Waals surface area contributed by atoms with Gasteiger partial charge in [-0.3, -0.25) is 4.72 Å². The van der Waals surface area contributed by atoms with E-state index < -0.39 is 22.1 Å². The molecule has 0 bridgehead atoms. The van der Waals surface area contributed by atoms with Crippen LogP contribution in [-0.2, 0) is 10.0 Å². The van der Waals surface area contributed by atoms with Crippen molar-refractivity contribution in [1.82, 2.24) is 14.8 Å². The maximum atomic E-state index is 12.3. The van der Waals surface area contributed by atoms with Crippen molar-refractivity contribution in [1.29, 1.82) is 0 Å². The third kappa shape index (κ3) is 5.25. The third-order valence-electron chi connectivity index (χ3n) is 3.86. The molecule has 0 atom stereocenters. The van der Waals surface area contributed by atoms with E-state index in [1.165, 1.54) is 23.7 Å². The number of aromatic nitrogens is 3. The van der Waals surface area contributed by atoms with Gasteiger partial charge in [0, 0.05) is 5.56 Å². The van der Waals surface area contributed by atoms with Crippen LogP contribution in [0.15, 0.2) is 48.5 Å². The number of benzene rings is 2. The molecule has 11 heteroatoms. The number of nitrogens with zero attached hydrogens (tertiary/aromatic N) is 3. The van der Waals surface area contributed by atoms with E-state index in [-0.39, 0.29) is 17.5 Å². The highest BCUT2D eigenvalue weighted by Gasteiger charge is 2.31. The predicted molar refractivity (Wildman–Crippen MR) is 101 cm³/mol. The lowest BCUT2D eigenvalue weighted by Gasteiger charge is -2.10. The van der Waals surface area contributed by atoms with Crippen molar-refractivity contribution in [3.8, 4) is 22.8 Å². The molecule has 154 valence electrons. The van der Waals surface area contributed by atoms with Crippen molar-refractivity contribution in [2.75, 3.05) is 10.5 Å². The second-order valence-electron chi connectivity index (χ2n) is 6.08. The van der Waals surface area contributed by atoms with E-state index in [4.69, 9.17) is 0 Å². The largest absolute Gasteiger partial charge is 0.573 e. The summed E-state index contributed by atoms with van der Waals surface area (Å²) < 4.78 is 68.5. The average Bonchev–Trinajstić information content (AvgIpc) is 3.04. The van der Waals surface area contributed by atoms with Crippen molar-refractivity contribution in [3.63, 3.8) is 0 Å². The standard InChI is InChI=1S/C18H17F3N4O3S/c1-3-29(26,27)24-17-22-16(13-6-4-12(2)5-7-13)23-25(17)14-8-10-15(11-9-14)28-18(19,20)21/h4-11H,3H2,1-2H3,(H,22,23,24). The molecule has 7 nitrogen and oxygen atoms in total. The first-order chi connectivity index (χ1) is 13.6. The van der Waals surface area contributed by atoms with Gasteiger partial charge >= 0.3 is 6.36 Å². The van der Waals surface area contributed by atoms with Crippen molar-refractivity contribution < 1.29 is 26.3 Å². The second kappa shape index (κ2) is 7.74. The van der Waals surface area contributed by atoms with Crippen LogP contribution < -0.4 is 9.46 Å². The Morgan fingerprint density at radius 2 is 1.69 bits per heavy atom. The number of alkyl halides is 3. The lowest BCUT2D eigenvalue weighted by atomic mass is 10.1. The molecule has 0 saturated carbocycles. The molecular formula is C18H17F3N4O3S. The van der Waals surface area contributed by atoms with Gasteiger partial charge in [-0.15, -0.1) is 18.3 Å². The van der Waals surface area contributed by atoms with Crippen LogP contribution in [0.2, 0.25) is 0 Å². The number of sulfonamides is 1. The van der Waals surface area contributed by atoms with Gasteiger partial charge in [0.1, 0.15) is 5.75 Å². The highest BCUT2D eigenvalue weighted by Crippen LogP contribution is 2.26. The minimum atomic E-state index is -4.81. The molecule has 1 N–H and O–H groups in total. The number of rotatable bonds is 6. The summed E-state index contributed by atoms with van der Waals surface area (Å²) in [6, 6.07) is 12.1. The Balaban J connectivity index is 2.02. The number of hydrogen-bond acceptors (Lipinski definition) is 5. The summed E-state index contributed by atoms with van der Waals surface area (Å²) in [6.07, 6.45) is -4.81. The highest BCUT2D eigenvalue weighted by molar-refractivity contribution is 7.92. The number of anilines is 1. The van der Waals surface area contributed by atoms with Gasteiger partial charge in [-0.25, -0.2) is 8.42 Å². The first-order valence-corrected chi connectivity index (χ1v) is 10.1. The number of ether oxygens (including phenoxy) is 1. The van der Waals surface area contributed by atoms with Crippen LogP contribution >= 0.6 is 0 Å². The molecule has 29 heavy (non-hydrogen) atoms. The fourth-order valence-electron chi connectivity index (χ4n) is 2.38. The van der Waals surface area contributed by atoms with E-state index in [0.29, 0.717) is 11.3 Å². The van der Waals surface area contributed by atoms with Crippen molar-refractivity contribution in [3.05, 3.63) is 54.1 Å². The summed E-state index contributed by atoms with van der Waals surface area (Å²) in [4.78, 5) is 4.25. The Hall–Kier alpha value is -3.08. The highest BCUT2D eigenvalue weighted by atomic mass is 32.2. The van der Waals surface area contributed by atoms with Gasteiger partial charge in [0.2, 0.25) is 16.0 Å². The van der Waals surface area contributed by atoms with Crippen molar-refractivity contribution in [2.45, 2.75) is 20.2 Å². The van der Waals surface area contributed by atoms with E-state index in [1.807, 2.05) is 19.1 Å². The predicted octanol–water partition coefficient (Wildman–Crippen LogP) is 3.90. The van der Waals surface area contributed by atoms with Crippen LogP contribution in [0.25, 0.3) is 17.1 Å². The molecule has 0 spiro atoms. The Morgan fingerprint density at radius 3 is 2.24 bits per heavy atom. The molecule has 1 heterocycles. The molecular weight excluding hydrogens is 409 g/mol. The van der Waals surface area contributed by atoms with E-state index in [0.717, 1.165) is 17.7 Å². The molecule has 2 aromatic carbocycles. The van der Waals surface area contributed by atoms with E-state index >= 15 is 0 Å². The molecule has 0 amide bonds. The fourth-order valence-corrected chi connectivity index (χ4v) is 2.94. The van der Waals surface area contributed by atoms with Crippen LogP contribution in [0, 0.1) is 6.92 Å². The molecule has 0 fully saturated rings. The maximum Gasteiger partial charge on any atom is 0.573 e. The topological polar surface area (TPSA) is 86.1 Å². The number of nitrogens with one attached hydrogen (secondary N) is 1. The van der Waals surface area contributed by atoms with E-state index in [1.54, 1.807) is 12.1 Å². The molecule has 0 radical (unpaired) electrons. The fraction of sp³-hybridized carbons (Fsp3) is 0.222. The van der Waals surface area contributed by atoms with Gasteiger partial charge < -0.3 is 4.74 Å². The maximum absolute atomic E-state index is 12.3. The lowest BCUT2D eigenvalue weighted by molar-refractivity contribution is -0.274. The number of hydrogen-bond donors (Lipinski definition) is 1. The summed E-state index contributed by atoms with van der Waals surface area (Å²) in [5.74, 6) is -0.407. The smallest absolute Gasteiger partial charge is 0.406 e. The van der Waals surface area contributed by atoms with E-state index in [2.05, 4.69) is 19.5 Å². The van der Waals surface area contributed by atoms with Gasteiger partial charge in [-0.2, -0.15) is 9.67 Å². The average molecular weight is 426 g/mol. The summed E-state index contributed by atoms with van der Waals surface area (Å²) in [7, 11) is -3.66. The van der Waals surface area contributed by atoms with Gasteiger partial charge in [-0.1, -0.05) is 29.8 Å². The zero-order valence-electron chi connectivity index (χ0n) is 15.4. The molecule has 3 aromatic rings. The zero-order chi connectivity index (χ0) is 21.2. The van der Waals surface area contributed by atoms with Gasteiger partial charge in [0.15, 0.2) is 5.82 Å². The SMILES string of the molecule is CCS(=O)(=O)Nc1nc(-c2ccc(C)cc2)nn1-c1ccc(OC(F)(F)F)cc1. The van der Waals surface area contributed by atoms with E-state index in [9.17, 15) is 21.6 Å². The van der Waals surface area contributed by atoms with Gasteiger partial charge in [0.05, 0.1) is 11.4 Å². The summed E-state index contributed by atoms with van der Waals surface area (Å²) in [6.45, 7) is 3.38. The molecule has 0 aliphatic rings. The molecule has 0 aliphatic heterocycles. The molecule has 0 unspecified atom stereocenters. The van der Waals surface area contributed by atoms with Crippen LogP contribution in [-0.4, -0.2) is 35.3 Å². The van der Waals surface area contributed by atoms with Gasteiger partial charge in [-0.05, 0) is 38.1 Å².